The van der Waals surface area contributed by atoms with Crippen molar-refractivity contribution in [3.05, 3.63) is 59.7 Å². The van der Waals surface area contributed by atoms with Gasteiger partial charge in [-0.1, -0.05) is 12.1 Å². The van der Waals surface area contributed by atoms with Crippen molar-refractivity contribution in [3.8, 4) is 0 Å². The monoisotopic (exact) mass is 294 g/mol. The Bertz CT molecular complexity index is 805. The Hall–Kier alpha value is -2.69. The second-order valence-corrected chi connectivity index (χ2v) is 5.34. The molecule has 0 saturated heterocycles. The van der Waals surface area contributed by atoms with Crippen LogP contribution >= 0.6 is 0 Å². The van der Waals surface area contributed by atoms with Crippen molar-refractivity contribution in [1.82, 2.24) is 14.4 Å². The molecular weight excluding hydrogens is 276 g/mol. The van der Waals surface area contributed by atoms with Gasteiger partial charge in [-0.2, -0.15) is 0 Å². The third kappa shape index (κ3) is 2.98. The topological polar surface area (TPSA) is 59.3 Å². The number of pyridine rings is 2. The Kier molecular flexibility index (Phi) is 3.87. The number of hydrogen-bond acceptors (Lipinski definition) is 3. The van der Waals surface area contributed by atoms with E-state index in [4.69, 9.17) is 0 Å². The number of hydrogen-bond donors (Lipinski definition) is 1. The minimum Gasteiger partial charge on any atom is -0.311 e. The maximum Gasteiger partial charge on any atom is 0.225 e. The lowest BCUT2D eigenvalue weighted by Gasteiger charge is -2.05. The van der Waals surface area contributed by atoms with E-state index in [2.05, 4.69) is 15.3 Å². The maximum atomic E-state index is 12.1. The van der Waals surface area contributed by atoms with Gasteiger partial charge in [-0.3, -0.25) is 4.79 Å². The SMILES string of the molecule is Cc1ccc(NC(=O)CCc2c(C)nc3ccccn23)nc1. The van der Waals surface area contributed by atoms with Crippen molar-refractivity contribution >= 4 is 17.4 Å². The van der Waals surface area contributed by atoms with Gasteiger partial charge in [-0.25, -0.2) is 9.97 Å². The fraction of sp³-hybridized carbons (Fsp3) is 0.235. The number of rotatable bonds is 4. The summed E-state index contributed by atoms with van der Waals surface area (Å²) >= 11 is 0. The van der Waals surface area contributed by atoms with Crippen molar-refractivity contribution in [1.29, 1.82) is 0 Å². The molecule has 0 saturated carbocycles. The zero-order valence-electron chi connectivity index (χ0n) is 12.7. The molecule has 0 radical (unpaired) electrons. The molecule has 22 heavy (non-hydrogen) atoms. The second-order valence-electron chi connectivity index (χ2n) is 5.34. The van der Waals surface area contributed by atoms with E-state index in [0.717, 1.165) is 22.6 Å². The largest absolute Gasteiger partial charge is 0.311 e. The number of nitrogens with one attached hydrogen (secondary N) is 1. The number of aryl methyl sites for hydroxylation is 3. The predicted octanol–water partition coefficient (Wildman–Crippen LogP) is 2.92. The molecule has 5 nitrogen and oxygen atoms in total. The molecule has 3 rings (SSSR count). The van der Waals surface area contributed by atoms with Crippen LogP contribution in [0.25, 0.3) is 5.65 Å². The summed E-state index contributed by atoms with van der Waals surface area (Å²) in [6, 6.07) is 9.63. The molecule has 0 spiro atoms. The molecule has 0 atom stereocenters. The van der Waals surface area contributed by atoms with Crippen LogP contribution in [0.15, 0.2) is 42.7 Å². The van der Waals surface area contributed by atoms with E-state index < -0.39 is 0 Å². The van der Waals surface area contributed by atoms with E-state index in [1.165, 1.54) is 0 Å². The lowest BCUT2D eigenvalue weighted by molar-refractivity contribution is -0.116. The van der Waals surface area contributed by atoms with Crippen LogP contribution in [0.4, 0.5) is 5.82 Å². The van der Waals surface area contributed by atoms with Gasteiger partial charge in [0.25, 0.3) is 0 Å². The summed E-state index contributed by atoms with van der Waals surface area (Å²) < 4.78 is 2.03. The third-order valence-corrected chi connectivity index (χ3v) is 3.60. The first kappa shape index (κ1) is 14.3. The zero-order chi connectivity index (χ0) is 15.5. The lowest BCUT2D eigenvalue weighted by atomic mass is 10.2. The van der Waals surface area contributed by atoms with Gasteiger partial charge in [-0.05, 0) is 44.0 Å². The fourth-order valence-corrected chi connectivity index (χ4v) is 2.44. The van der Waals surface area contributed by atoms with Crippen LogP contribution in [0.1, 0.15) is 23.4 Å². The first-order valence-electron chi connectivity index (χ1n) is 7.28. The van der Waals surface area contributed by atoms with Crippen molar-refractivity contribution in [2.75, 3.05) is 5.32 Å². The molecule has 0 bridgehead atoms. The molecule has 0 aliphatic carbocycles. The summed E-state index contributed by atoms with van der Waals surface area (Å²) in [4.78, 5) is 20.7. The molecule has 0 aliphatic heterocycles. The zero-order valence-corrected chi connectivity index (χ0v) is 12.7. The average Bonchev–Trinajstić information content (AvgIpc) is 2.83. The molecule has 1 N–H and O–H groups in total. The van der Waals surface area contributed by atoms with Crippen LogP contribution in [-0.4, -0.2) is 20.3 Å². The summed E-state index contributed by atoms with van der Waals surface area (Å²) in [6.45, 7) is 3.94. The van der Waals surface area contributed by atoms with Crippen LogP contribution in [0.5, 0.6) is 0 Å². The number of aromatic nitrogens is 3. The molecule has 3 heterocycles. The Morgan fingerprint density at radius 1 is 1.23 bits per heavy atom. The smallest absolute Gasteiger partial charge is 0.225 e. The normalized spacial score (nSPS) is 10.8. The second kappa shape index (κ2) is 5.97. The molecular formula is C17H18N4O. The Morgan fingerprint density at radius 3 is 2.86 bits per heavy atom. The molecule has 0 aromatic carbocycles. The Balaban J connectivity index is 1.67. The van der Waals surface area contributed by atoms with Crippen molar-refractivity contribution in [2.45, 2.75) is 26.7 Å². The van der Waals surface area contributed by atoms with Crippen LogP contribution < -0.4 is 5.32 Å². The number of amides is 1. The van der Waals surface area contributed by atoms with Gasteiger partial charge in [0.2, 0.25) is 5.91 Å². The van der Waals surface area contributed by atoms with Gasteiger partial charge in [0.15, 0.2) is 0 Å². The lowest BCUT2D eigenvalue weighted by Crippen LogP contribution is -2.14. The minimum atomic E-state index is -0.0402. The number of imidazole rings is 1. The van der Waals surface area contributed by atoms with Crippen molar-refractivity contribution < 1.29 is 4.79 Å². The third-order valence-electron chi connectivity index (χ3n) is 3.60. The van der Waals surface area contributed by atoms with Gasteiger partial charge >= 0.3 is 0 Å². The fourth-order valence-electron chi connectivity index (χ4n) is 2.44. The highest BCUT2D eigenvalue weighted by Gasteiger charge is 2.10. The van der Waals surface area contributed by atoms with Crippen LogP contribution in [0.2, 0.25) is 0 Å². The molecule has 0 unspecified atom stereocenters. The van der Waals surface area contributed by atoms with E-state index in [0.29, 0.717) is 18.7 Å². The van der Waals surface area contributed by atoms with Gasteiger partial charge in [0.1, 0.15) is 11.5 Å². The van der Waals surface area contributed by atoms with Gasteiger partial charge in [0.05, 0.1) is 5.69 Å². The molecule has 0 fully saturated rings. The molecule has 3 aromatic rings. The first-order chi connectivity index (χ1) is 10.6. The highest BCUT2D eigenvalue weighted by molar-refractivity contribution is 5.89. The Labute approximate surface area is 129 Å². The number of fused-ring (bicyclic) bond motifs is 1. The summed E-state index contributed by atoms with van der Waals surface area (Å²) in [7, 11) is 0. The molecule has 3 aromatic heterocycles. The van der Waals surface area contributed by atoms with Crippen molar-refractivity contribution in [2.24, 2.45) is 0 Å². The van der Waals surface area contributed by atoms with Gasteiger partial charge in [0, 0.05) is 24.5 Å². The summed E-state index contributed by atoms with van der Waals surface area (Å²) in [5, 5.41) is 2.82. The van der Waals surface area contributed by atoms with Crippen LogP contribution in [0.3, 0.4) is 0 Å². The van der Waals surface area contributed by atoms with E-state index in [1.54, 1.807) is 6.20 Å². The summed E-state index contributed by atoms with van der Waals surface area (Å²) in [6.07, 6.45) is 4.77. The minimum absolute atomic E-state index is 0.0402. The number of anilines is 1. The maximum absolute atomic E-state index is 12.1. The standard InChI is InChI=1S/C17H18N4O/c1-12-6-8-15(18-11-12)20-17(22)9-7-14-13(2)19-16-5-3-4-10-21(14)16/h3-6,8,10-11H,7,9H2,1-2H3,(H,18,20,22). The summed E-state index contributed by atoms with van der Waals surface area (Å²) in [5.74, 6) is 0.548. The predicted molar refractivity (Wildman–Crippen MR) is 85.9 cm³/mol. The van der Waals surface area contributed by atoms with Crippen LogP contribution in [-0.2, 0) is 11.2 Å². The first-order valence-corrected chi connectivity index (χ1v) is 7.28. The Morgan fingerprint density at radius 2 is 2.09 bits per heavy atom. The van der Waals surface area contributed by atoms with Crippen LogP contribution in [0, 0.1) is 13.8 Å². The van der Waals surface area contributed by atoms with Crippen molar-refractivity contribution in [3.63, 3.8) is 0 Å². The van der Waals surface area contributed by atoms with E-state index >= 15 is 0 Å². The van der Waals surface area contributed by atoms with E-state index in [9.17, 15) is 4.79 Å². The highest BCUT2D eigenvalue weighted by Crippen LogP contribution is 2.14. The van der Waals surface area contributed by atoms with Gasteiger partial charge in [-0.15, -0.1) is 0 Å². The molecule has 112 valence electrons. The average molecular weight is 294 g/mol. The number of nitrogens with zero attached hydrogens (tertiary/aromatic N) is 3. The molecule has 5 heteroatoms. The highest BCUT2D eigenvalue weighted by atomic mass is 16.1. The molecule has 0 aliphatic rings. The van der Waals surface area contributed by atoms with Gasteiger partial charge < -0.3 is 9.72 Å². The molecule has 1 amide bonds. The van der Waals surface area contributed by atoms with E-state index in [-0.39, 0.29) is 5.91 Å². The van der Waals surface area contributed by atoms with E-state index in [1.807, 2.05) is 54.8 Å². The quantitative estimate of drug-likeness (QED) is 0.805. The summed E-state index contributed by atoms with van der Waals surface area (Å²) in [5.41, 5.74) is 4.02. The number of carbonyl (C=O) groups excluding carboxylic acids is 1. The number of carbonyl (C=O) groups is 1.